The number of hydrogen-bond donors (Lipinski definition) is 0. The van der Waals surface area contributed by atoms with Crippen molar-refractivity contribution >= 4 is 17.9 Å². The third kappa shape index (κ3) is 4.58. The van der Waals surface area contributed by atoms with Crippen LogP contribution in [-0.2, 0) is 11.3 Å². The van der Waals surface area contributed by atoms with Gasteiger partial charge >= 0.3 is 0 Å². The van der Waals surface area contributed by atoms with E-state index in [1.807, 2.05) is 45.2 Å². The second-order valence-electron chi connectivity index (χ2n) is 7.71. The Balaban J connectivity index is 1.59. The van der Waals surface area contributed by atoms with E-state index in [1.54, 1.807) is 18.2 Å². The normalized spacial score (nSPS) is 14.6. The number of aryl methyl sites for hydroxylation is 1. The van der Waals surface area contributed by atoms with E-state index in [-0.39, 0.29) is 11.8 Å². The number of carbonyl (C=O) groups is 2. The van der Waals surface area contributed by atoms with E-state index in [1.165, 1.54) is 0 Å². The van der Waals surface area contributed by atoms with Gasteiger partial charge in [0.15, 0.2) is 0 Å². The van der Waals surface area contributed by atoms with Gasteiger partial charge in [0.25, 0.3) is 0 Å². The van der Waals surface area contributed by atoms with Crippen molar-refractivity contribution < 1.29 is 14.3 Å². The van der Waals surface area contributed by atoms with E-state index in [0.717, 1.165) is 60.5 Å². The molecule has 29 heavy (non-hydrogen) atoms. The molecule has 0 bridgehead atoms. The molecule has 3 rings (SSSR count). The minimum Gasteiger partial charge on any atom is -0.496 e. The summed E-state index contributed by atoms with van der Waals surface area (Å²) in [5.41, 5.74) is 4.63. The number of aldehydes is 1. The Kier molecular flexibility index (Phi) is 6.52. The van der Waals surface area contributed by atoms with Crippen molar-refractivity contribution in [1.82, 2.24) is 9.88 Å². The molecule has 0 saturated carbocycles. The standard InChI is InChI=1S/C23H29N3O3/c1-16-13-24-21(17(2)22(16)29-4)14-25(3)23(28)19-9-11-26(12-10-19)20-7-5-18(15-27)6-8-20/h5-8,13,15,19H,9-12,14H2,1-4H3. The molecule has 1 aromatic carbocycles. The second-order valence-corrected chi connectivity index (χ2v) is 7.71. The Labute approximate surface area is 172 Å². The lowest BCUT2D eigenvalue weighted by Crippen LogP contribution is -2.41. The first-order valence-corrected chi connectivity index (χ1v) is 9.98. The summed E-state index contributed by atoms with van der Waals surface area (Å²) in [5, 5.41) is 0. The Morgan fingerprint density at radius 1 is 1.24 bits per heavy atom. The number of nitrogens with zero attached hydrogens (tertiary/aromatic N) is 3. The molecule has 1 aliphatic heterocycles. The average molecular weight is 396 g/mol. The van der Waals surface area contributed by atoms with Gasteiger partial charge in [-0.1, -0.05) is 0 Å². The van der Waals surface area contributed by atoms with Crippen LogP contribution in [0.25, 0.3) is 0 Å². The summed E-state index contributed by atoms with van der Waals surface area (Å²) in [6.07, 6.45) is 4.29. The van der Waals surface area contributed by atoms with Gasteiger partial charge in [0.2, 0.25) is 5.91 Å². The minimum atomic E-state index is 0.0261. The maximum Gasteiger partial charge on any atom is 0.225 e. The average Bonchev–Trinajstić information content (AvgIpc) is 2.75. The van der Waals surface area contributed by atoms with E-state index < -0.39 is 0 Å². The smallest absolute Gasteiger partial charge is 0.225 e. The second kappa shape index (κ2) is 9.07. The number of piperidine rings is 1. The Hall–Kier alpha value is -2.89. The van der Waals surface area contributed by atoms with Gasteiger partial charge in [0, 0.05) is 54.6 Å². The third-order valence-electron chi connectivity index (χ3n) is 5.75. The van der Waals surface area contributed by atoms with E-state index in [2.05, 4.69) is 9.88 Å². The van der Waals surface area contributed by atoms with Crippen LogP contribution in [0.4, 0.5) is 5.69 Å². The molecule has 0 radical (unpaired) electrons. The van der Waals surface area contributed by atoms with Gasteiger partial charge in [-0.3, -0.25) is 14.6 Å². The molecule has 1 saturated heterocycles. The van der Waals surface area contributed by atoms with Gasteiger partial charge in [-0.25, -0.2) is 0 Å². The number of methoxy groups -OCH3 is 1. The van der Waals surface area contributed by atoms with Crippen LogP contribution < -0.4 is 9.64 Å². The number of carbonyl (C=O) groups excluding carboxylic acids is 2. The van der Waals surface area contributed by atoms with Crippen molar-refractivity contribution in [3.05, 3.63) is 52.8 Å². The Bertz CT molecular complexity index is 872. The van der Waals surface area contributed by atoms with Crippen LogP contribution in [-0.4, -0.2) is 49.3 Å². The molecule has 1 aliphatic rings. The van der Waals surface area contributed by atoms with Crippen molar-refractivity contribution in [2.75, 3.05) is 32.1 Å². The number of ether oxygens (including phenoxy) is 1. The molecule has 0 spiro atoms. The molecule has 2 heterocycles. The van der Waals surface area contributed by atoms with Gasteiger partial charge in [0.05, 0.1) is 19.3 Å². The zero-order valence-electron chi connectivity index (χ0n) is 17.6. The summed E-state index contributed by atoms with van der Waals surface area (Å²) in [4.78, 5) is 32.4. The molecule has 0 N–H and O–H groups in total. The van der Waals surface area contributed by atoms with Crippen LogP contribution in [0, 0.1) is 19.8 Å². The summed E-state index contributed by atoms with van der Waals surface area (Å²) in [6.45, 7) is 6.11. The molecule has 1 aromatic heterocycles. The van der Waals surface area contributed by atoms with Crippen LogP contribution in [0.15, 0.2) is 30.5 Å². The molecule has 0 unspecified atom stereocenters. The molecule has 2 aromatic rings. The van der Waals surface area contributed by atoms with Crippen LogP contribution in [0.2, 0.25) is 0 Å². The highest BCUT2D eigenvalue weighted by atomic mass is 16.5. The lowest BCUT2D eigenvalue weighted by Gasteiger charge is -2.34. The van der Waals surface area contributed by atoms with Crippen LogP contribution in [0.3, 0.4) is 0 Å². The minimum absolute atomic E-state index is 0.0261. The SMILES string of the molecule is COc1c(C)cnc(CN(C)C(=O)C2CCN(c3ccc(C=O)cc3)CC2)c1C. The number of aromatic nitrogens is 1. The summed E-state index contributed by atoms with van der Waals surface area (Å²) < 4.78 is 5.47. The number of hydrogen-bond acceptors (Lipinski definition) is 5. The zero-order valence-corrected chi connectivity index (χ0v) is 17.6. The fourth-order valence-electron chi connectivity index (χ4n) is 3.99. The van der Waals surface area contributed by atoms with E-state index in [0.29, 0.717) is 12.1 Å². The fourth-order valence-corrected chi connectivity index (χ4v) is 3.99. The molecule has 6 nitrogen and oxygen atoms in total. The predicted octanol–water partition coefficient (Wildman–Crippen LogP) is 3.39. The summed E-state index contributed by atoms with van der Waals surface area (Å²) in [7, 11) is 3.51. The highest BCUT2D eigenvalue weighted by molar-refractivity contribution is 5.79. The summed E-state index contributed by atoms with van der Waals surface area (Å²) >= 11 is 0. The van der Waals surface area contributed by atoms with Crippen LogP contribution >= 0.6 is 0 Å². The van der Waals surface area contributed by atoms with E-state index in [9.17, 15) is 9.59 Å². The molecule has 0 atom stereocenters. The van der Waals surface area contributed by atoms with Crippen molar-refractivity contribution in [2.45, 2.75) is 33.2 Å². The quantitative estimate of drug-likeness (QED) is 0.702. The third-order valence-corrected chi connectivity index (χ3v) is 5.75. The number of rotatable bonds is 6. The van der Waals surface area contributed by atoms with Crippen molar-refractivity contribution in [2.24, 2.45) is 5.92 Å². The number of pyridine rings is 1. The number of amides is 1. The number of anilines is 1. The highest BCUT2D eigenvalue weighted by Crippen LogP contribution is 2.27. The van der Waals surface area contributed by atoms with Crippen LogP contribution in [0.5, 0.6) is 5.75 Å². The first kappa shape index (κ1) is 20.8. The lowest BCUT2D eigenvalue weighted by molar-refractivity contribution is -0.135. The van der Waals surface area contributed by atoms with Crippen molar-refractivity contribution in [1.29, 1.82) is 0 Å². The topological polar surface area (TPSA) is 62.7 Å². The Morgan fingerprint density at radius 2 is 1.90 bits per heavy atom. The van der Waals surface area contributed by atoms with E-state index >= 15 is 0 Å². The van der Waals surface area contributed by atoms with Crippen molar-refractivity contribution in [3.8, 4) is 5.75 Å². The van der Waals surface area contributed by atoms with Crippen molar-refractivity contribution in [3.63, 3.8) is 0 Å². The molecule has 0 aliphatic carbocycles. The van der Waals surface area contributed by atoms with Gasteiger partial charge in [-0.15, -0.1) is 0 Å². The van der Waals surface area contributed by atoms with Crippen LogP contribution in [0.1, 0.15) is 40.0 Å². The maximum absolute atomic E-state index is 13.0. The van der Waals surface area contributed by atoms with Gasteiger partial charge in [0.1, 0.15) is 12.0 Å². The number of benzene rings is 1. The highest BCUT2D eigenvalue weighted by Gasteiger charge is 2.28. The monoisotopic (exact) mass is 395 g/mol. The molecule has 1 fully saturated rings. The molecular weight excluding hydrogens is 366 g/mol. The van der Waals surface area contributed by atoms with Gasteiger partial charge in [-0.05, 0) is 51.0 Å². The molecular formula is C23H29N3O3. The fraction of sp³-hybridized carbons (Fsp3) is 0.435. The summed E-state index contributed by atoms with van der Waals surface area (Å²) in [5.74, 6) is 1.03. The zero-order chi connectivity index (χ0) is 21.0. The lowest BCUT2D eigenvalue weighted by atomic mass is 9.94. The molecule has 154 valence electrons. The maximum atomic E-state index is 13.0. The largest absolute Gasteiger partial charge is 0.496 e. The first-order chi connectivity index (χ1) is 13.9. The predicted molar refractivity (Wildman–Crippen MR) is 114 cm³/mol. The summed E-state index contributed by atoms with van der Waals surface area (Å²) in [6, 6.07) is 7.60. The Morgan fingerprint density at radius 3 is 2.48 bits per heavy atom. The van der Waals surface area contributed by atoms with Gasteiger partial charge in [-0.2, -0.15) is 0 Å². The van der Waals surface area contributed by atoms with E-state index in [4.69, 9.17) is 4.74 Å². The van der Waals surface area contributed by atoms with Gasteiger partial charge < -0.3 is 14.5 Å². The molecule has 6 heteroatoms. The first-order valence-electron chi connectivity index (χ1n) is 9.98. The molecule has 1 amide bonds.